The Morgan fingerprint density at radius 1 is 1.57 bits per heavy atom. The maximum atomic E-state index is 13.2. The summed E-state index contributed by atoms with van der Waals surface area (Å²) >= 11 is 3.11. The maximum absolute atomic E-state index is 13.2. The zero-order valence-corrected chi connectivity index (χ0v) is 8.98. The van der Waals surface area contributed by atoms with Crippen molar-refractivity contribution in [2.75, 3.05) is 5.32 Å². The molecule has 0 bridgehead atoms. The number of benzene rings is 1. The van der Waals surface area contributed by atoms with Gasteiger partial charge in [-0.3, -0.25) is 4.79 Å². The molecule has 0 fully saturated rings. The topological polar surface area (TPSA) is 29.1 Å². The molecule has 0 saturated carbocycles. The Kier molecular flexibility index (Phi) is 3.66. The second-order valence-corrected chi connectivity index (χ2v) is 3.37. The number of rotatable bonds is 1. The van der Waals surface area contributed by atoms with Crippen LogP contribution in [-0.2, 0) is 4.79 Å². The van der Waals surface area contributed by atoms with Crippen molar-refractivity contribution < 1.29 is 9.18 Å². The number of hydrogen-bond acceptors (Lipinski definition) is 1. The molecule has 0 aliphatic rings. The van der Waals surface area contributed by atoms with Gasteiger partial charge in [-0.15, -0.1) is 0 Å². The molecule has 0 heterocycles. The number of amides is 1. The molecule has 0 aliphatic carbocycles. The highest BCUT2D eigenvalue weighted by atomic mass is 79.9. The van der Waals surface area contributed by atoms with Crippen molar-refractivity contribution in [3.8, 4) is 11.8 Å². The summed E-state index contributed by atoms with van der Waals surface area (Å²) in [5.41, 5.74) is 0.126. The summed E-state index contributed by atoms with van der Waals surface area (Å²) in [4.78, 5) is 11.0. The first kappa shape index (κ1) is 10.7. The highest BCUT2D eigenvalue weighted by Gasteiger charge is 2.04. The van der Waals surface area contributed by atoms with Gasteiger partial charge in [0.1, 0.15) is 5.82 Å². The number of nitrogens with one attached hydrogen (secondary N) is 1. The predicted molar refractivity (Wildman–Crippen MR) is 56.2 cm³/mol. The quantitative estimate of drug-likeness (QED) is 0.768. The third-order valence-corrected chi connectivity index (χ3v) is 1.91. The van der Waals surface area contributed by atoms with Gasteiger partial charge in [0.25, 0.3) is 5.91 Å². The van der Waals surface area contributed by atoms with Crippen molar-refractivity contribution >= 4 is 27.5 Å². The number of hydrogen-bond donors (Lipinski definition) is 1. The standard InChI is InChI=1S/C10H7BrFNO/c1-2-3-10(14)13-9-5-4-7(11)6-8(9)12/h4-6H,1H3,(H,13,14). The van der Waals surface area contributed by atoms with Crippen LogP contribution in [0.3, 0.4) is 0 Å². The van der Waals surface area contributed by atoms with E-state index in [-0.39, 0.29) is 5.69 Å². The third-order valence-electron chi connectivity index (χ3n) is 1.42. The largest absolute Gasteiger partial charge is 0.313 e. The van der Waals surface area contributed by atoms with Crippen LogP contribution in [0.5, 0.6) is 0 Å². The Labute approximate surface area is 89.6 Å². The van der Waals surface area contributed by atoms with Gasteiger partial charge in [0, 0.05) is 4.47 Å². The van der Waals surface area contributed by atoms with Gasteiger partial charge in [-0.05, 0) is 31.0 Å². The predicted octanol–water partition coefficient (Wildman–Crippen LogP) is 2.55. The molecule has 0 saturated heterocycles. The summed E-state index contributed by atoms with van der Waals surface area (Å²) in [5, 5.41) is 2.33. The minimum absolute atomic E-state index is 0.126. The van der Waals surface area contributed by atoms with Gasteiger partial charge in [0.2, 0.25) is 0 Å². The van der Waals surface area contributed by atoms with Crippen LogP contribution in [0.25, 0.3) is 0 Å². The Bertz CT molecular complexity index is 420. The van der Waals surface area contributed by atoms with E-state index in [0.717, 1.165) is 0 Å². The lowest BCUT2D eigenvalue weighted by Crippen LogP contribution is -2.09. The molecule has 0 aliphatic heterocycles. The molecule has 0 unspecified atom stereocenters. The molecular weight excluding hydrogens is 249 g/mol. The molecule has 14 heavy (non-hydrogen) atoms. The van der Waals surface area contributed by atoms with Crippen LogP contribution < -0.4 is 5.32 Å². The Hall–Kier alpha value is -1.34. The van der Waals surface area contributed by atoms with Gasteiger partial charge >= 0.3 is 0 Å². The fourth-order valence-electron chi connectivity index (χ4n) is 0.858. The van der Waals surface area contributed by atoms with Crippen LogP contribution in [0, 0.1) is 17.7 Å². The van der Waals surface area contributed by atoms with E-state index in [1.54, 1.807) is 6.07 Å². The lowest BCUT2D eigenvalue weighted by atomic mass is 10.3. The molecule has 0 aromatic heterocycles. The first-order valence-electron chi connectivity index (χ1n) is 3.82. The lowest BCUT2D eigenvalue weighted by molar-refractivity contribution is -0.111. The van der Waals surface area contributed by atoms with E-state index in [1.165, 1.54) is 19.1 Å². The summed E-state index contributed by atoms with van der Waals surface area (Å²) < 4.78 is 13.8. The van der Waals surface area contributed by atoms with E-state index < -0.39 is 11.7 Å². The van der Waals surface area contributed by atoms with Crippen LogP contribution in [0.15, 0.2) is 22.7 Å². The molecule has 1 amide bonds. The van der Waals surface area contributed by atoms with E-state index >= 15 is 0 Å². The fourth-order valence-corrected chi connectivity index (χ4v) is 1.19. The average Bonchev–Trinajstić information content (AvgIpc) is 2.10. The molecule has 1 rings (SSSR count). The summed E-state index contributed by atoms with van der Waals surface area (Å²) in [6.07, 6.45) is 0. The molecule has 1 aromatic carbocycles. The van der Waals surface area contributed by atoms with E-state index in [0.29, 0.717) is 4.47 Å². The van der Waals surface area contributed by atoms with Gasteiger partial charge < -0.3 is 5.32 Å². The molecule has 1 aromatic rings. The van der Waals surface area contributed by atoms with E-state index in [2.05, 4.69) is 33.1 Å². The smallest absolute Gasteiger partial charge is 0.300 e. The van der Waals surface area contributed by atoms with E-state index in [9.17, 15) is 9.18 Å². The first-order chi connectivity index (χ1) is 6.63. The highest BCUT2D eigenvalue weighted by molar-refractivity contribution is 9.10. The van der Waals surface area contributed by atoms with E-state index in [4.69, 9.17) is 0 Å². The summed E-state index contributed by atoms with van der Waals surface area (Å²) in [6, 6.07) is 4.38. The van der Waals surface area contributed by atoms with Gasteiger partial charge in [-0.25, -0.2) is 4.39 Å². The zero-order valence-electron chi connectivity index (χ0n) is 7.40. The summed E-state index contributed by atoms with van der Waals surface area (Å²) in [5.74, 6) is 3.67. The van der Waals surface area contributed by atoms with E-state index in [1.807, 2.05) is 0 Å². The monoisotopic (exact) mass is 255 g/mol. The molecule has 4 heteroatoms. The summed E-state index contributed by atoms with van der Waals surface area (Å²) in [7, 11) is 0. The minimum atomic E-state index is -0.520. The van der Waals surface area contributed by atoms with Gasteiger partial charge in [0.05, 0.1) is 5.69 Å². The lowest BCUT2D eigenvalue weighted by Gasteiger charge is -2.02. The van der Waals surface area contributed by atoms with Crippen LogP contribution >= 0.6 is 15.9 Å². The molecule has 0 radical (unpaired) electrons. The van der Waals surface area contributed by atoms with Crippen LogP contribution in [0.1, 0.15) is 6.92 Å². The average molecular weight is 256 g/mol. The van der Waals surface area contributed by atoms with Crippen molar-refractivity contribution in [3.05, 3.63) is 28.5 Å². The maximum Gasteiger partial charge on any atom is 0.300 e. The second kappa shape index (κ2) is 4.77. The normalized spacial score (nSPS) is 8.79. The Morgan fingerprint density at radius 2 is 2.29 bits per heavy atom. The third kappa shape index (κ3) is 2.86. The molecule has 1 N–H and O–H groups in total. The highest BCUT2D eigenvalue weighted by Crippen LogP contribution is 2.18. The Balaban J connectivity index is 2.85. The summed E-state index contributed by atoms with van der Waals surface area (Å²) in [6.45, 7) is 1.54. The van der Waals surface area contributed by atoms with Crippen molar-refractivity contribution in [2.45, 2.75) is 6.92 Å². The fraction of sp³-hybridized carbons (Fsp3) is 0.100. The molecule has 72 valence electrons. The zero-order chi connectivity index (χ0) is 10.6. The van der Waals surface area contributed by atoms with Crippen molar-refractivity contribution in [1.29, 1.82) is 0 Å². The van der Waals surface area contributed by atoms with Crippen molar-refractivity contribution in [3.63, 3.8) is 0 Å². The number of carbonyl (C=O) groups excluding carboxylic acids is 1. The number of anilines is 1. The number of halogens is 2. The van der Waals surface area contributed by atoms with Crippen molar-refractivity contribution in [1.82, 2.24) is 0 Å². The second-order valence-electron chi connectivity index (χ2n) is 2.45. The van der Waals surface area contributed by atoms with Crippen molar-refractivity contribution in [2.24, 2.45) is 0 Å². The van der Waals surface area contributed by atoms with Gasteiger partial charge in [0.15, 0.2) is 0 Å². The SMILES string of the molecule is CC#CC(=O)Nc1ccc(Br)cc1F. The van der Waals surface area contributed by atoms with Gasteiger partial charge in [-0.1, -0.05) is 21.9 Å². The van der Waals surface area contributed by atoms with Crippen LogP contribution in [-0.4, -0.2) is 5.91 Å². The first-order valence-corrected chi connectivity index (χ1v) is 4.61. The van der Waals surface area contributed by atoms with Crippen LogP contribution in [0.2, 0.25) is 0 Å². The minimum Gasteiger partial charge on any atom is -0.313 e. The number of carbonyl (C=O) groups is 1. The molecular formula is C10H7BrFNO. The molecule has 2 nitrogen and oxygen atoms in total. The van der Waals surface area contributed by atoms with Gasteiger partial charge in [-0.2, -0.15) is 0 Å². The van der Waals surface area contributed by atoms with Crippen LogP contribution in [0.4, 0.5) is 10.1 Å². The molecule has 0 spiro atoms. The molecule has 0 atom stereocenters. The Morgan fingerprint density at radius 3 is 2.86 bits per heavy atom.